The van der Waals surface area contributed by atoms with Crippen molar-refractivity contribution in [3.05, 3.63) is 93.8 Å². The van der Waals surface area contributed by atoms with Crippen LogP contribution in [0.1, 0.15) is 51.7 Å². The molecule has 1 aliphatic carbocycles. The number of hydrogen-bond acceptors (Lipinski definition) is 2. The van der Waals surface area contributed by atoms with Gasteiger partial charge in [-0.05, 0) is 56.4 Å². The molecule has 1 heterocycles. The molecule has 1 N–H and O–H groups in total. The molecule has 0 saturated carbocycles. The minimum absolute atomic E-state index is 0.0585. The number of fused-ring (bicyclic) bond motifs is 1. The second kappa shape index (κ2) is 8.08. The average molecular weight is 386 g/mol. The molecule has 4 nitrogen and oxygen atoms in total. The molecule has 0 bridgehead atoms. The lowest BCUT2D eigenvalue weighted by Crippen LogP contribution is -2.25. The Morgan fingerprint density at radius 2 is 1.90 bits per heavy atom. The van der Waals surface area contributed by atoms with E-state index in [0.717, 1.165) is 36.3 Å². The van der Waals surface area contributed by atoms with E-state index >= 15 is 0 Å². The molecule has 0 unspecified atom stereocenters. The predicted molar refractivity (Wildman–Crippen MR) is 117 cm³/mol. The zero-order valence-electron chi connectivity index (χ0n) is 17.3. The monoisotopic (exact) mass is 385 g/mol. The van der Waals surface area contributed by atoms with E-state index in [1.807, 2.05) is 23.7 Å². The Labute approximate surface area is 172 Å². The lowest BCUT2D eigenvalue weighted by atomic mass is 10.1. The van der Waals surface area contributed by atoms with E-state index in [9.17, 15) is 4.79 Å². The van der Waals surface area contributed by atoms with Gasteiger partial charge in [-0.15, -0.1) is 0 Å². The van der Waals surface area contributed by atoms with Gasteiger partial charge in [-0.2, -0.15) is 5.10 Å². The maximum absolute atomic E-state index is 12.5. The third-order valence-electron chi connectivity index (χ3n) is 5.74. The molecule has 29 heavy (non-hydrogen) atoms. The summed E-state index contributed by atoms with van der Waals surface area (Å²) in [5.74, 6) is -0.0585. The van der Waals surface area contributed by atoms with Crippen LogP contribution >= 0.6 is 0 Å². The van der Waals surface area contributed by atoms with Gasteiger partial charge in [0.15, 0.2) is 0 Å². The lowest BCUT2D eigenvalue weighted by molar-refractivity contribution is -0.117. The fourth-order valence-corrected chi connectivity index (χ4v) is 4.06. The standard InChI is InChI=1S/C25H27N3O/c1-17-8-10-20(11-9-17)16-28-19(3)22(18(2)27-28)13-15-25(29)26-24-14-12-21-6-4-5-7-23(21)24/h4-11,13,15,24H,12,14,16H2,1-3H3,(H,26,29)/b15-13+/t24-/m1/s1. The van der Waals surface area contributed by atoms with Crippen molar-refractivity contribution in [2.45, 2.75) is 46.2 Å². The van der Waals surface area contributed by atoms with Crippen LogP contribution in [-0.4, -0.2) is 15.7 Å². The third-order valence-corrected chi connectivity index (χ3v) is 5.74. The molecule has 1 aromatic heterocycles. The van der Waals surface area contributed by atoms with Crippen LogP contribution in [0.4, 0.5) is 0 Å². The number of hydrogen-bond donors (Lipinski definition) is 1. The number of aromatic nitrogens is 2. The molecular weight excluding hydrogens is 358 g/mol. The third kappa shape index (κ3) is 4.16. The Balaban J connectivity index is 1.45. The highest BCUT2D eigenvalue weighted by Crippen LogP contribution is 2.30. The molecule has 2 aromatic carbocycles. The second-order valence-corrected chi connectivity index (χ2v) is 7.86. The number of carbonyl (C=O) groups is 1. The smallest absolute Gasteiger partial charge is 0.244 e. The van der Waals surface area contributed by atoms with Crippen molar-refractivity contribution < 1.29 is 4.79 Å². The van der Waals surface area contributed by atoms with Crippen LogP contribution < -0.4 is 5.32 Å². The number of carbonyl (C=O) groups excluding carboxylic acids is 1. The maximum Gasteiger partial charge on any atom is 0.244 e. The zero-order valence-corrected chi connectivity index (χ0v) is 17.3. The van der Waals surface area contributed by atoms with Gasteiger partial charge in [0.1, 0.15) is 0 Å². The van der Waals surface area contributed by atoms with E-state index < -0.39 is 0 Å². The minimum atomic E-state index is -0.0585. The van der Waals surface area contributed by atoms with Crippen molar-refractivity contribution in [3.8, 4) is 0 Å². The Morgan fingerprint density at radius 1 is 1.14 bits per heavy atom. The summed E-state index contributed by atoms with van der Waals surface area (Å²) in [6.07, 6.45) is 5.51. The average Bonchev–Trinajstić information content (AvgIpc) is 3.23. The van der Waals surface area contributed by atoms with E-state index in [2.05, 4.69) is 66.7 Å². The molecule has 4 rings (SSSR count). The van der Waals surface area contributed by atoms with Crippen molar-refractivity contribution in [2.75, 3.05) is 0 Å². The van der Waals surface area contributed by atoms with E-state index in [1.54, 1.807) is 6.08 Å². The van der Waals surface area contributed by atoms with Crippen molar-refractivity contribution >= 4 is 12.0 Å². The van der Waals surface area contributed by atoms with Gasteiger partial charge in [-0.3, -0.25) is 9.48 Å². The Bertz CT molecular complexity index is 1060. The summed E-state index contributed by atoms with van der Waals surface area (Å²) >= 11 is 0. The van der Waals surface area contributed by atoms with Gasteiger partial charge in [0.2, 0.25) is 5.91 Å². The van der Waals surface area contributed by atoms with Gasteiger partial charge in [-0.1, -0.05) is 54.1 Å². The highest BCUT2D eigenvalue weighted by Gasteiger charge is 2.22. The SMILES string of the molecule is Cc1ccc(Cn2nc(C)c(/C=C/C(=O)N[C@@H]3CCc4ccccc43)c2C)cc1. The van der Waals surface area contributed by atoms with Crippen LogP contribution in [0, 0.1) is 20.8 Å². The molecule has 1 aliphatic rings. The van der Waals surface area contributed by atoms with E-state index in [1.165, 1.54) is 22.3 Å². The van der Waals surface area contributed by atoms with E-state index in [0.29, 0.717) is 0 Å². The molecule has 0 radical (unpaired) electrons. The minimum Gasteiger partial charge on any atom is -0.346 e. The molecule has 0 saturated heterocycles. The van der Waals surface area contributed by atoms with Crippen molar-refractivity contribution in [3.63, 3.8) is 0 Å². The van der Waals surface area contributed by atoms with Gasteiger partial charge in [0, 0.05) is 17.3 Å². The fourth-order valence-electron chi connectivity index (χ4n) is 4.06. The molecule has 0 aliphatic heterocycles. The van der Waals surface area contributed by atoms with Crippen molar-refractivity contribution in [1.82, 2.24) is 15.1 Å². The number of rotatable bonds is 5. The van der Waals surface area contributed by atoms with Gasteiger partial charge >= 0.3 is 0 Å². The molecule has 1 atom stereocenters. The normalized spacial score (nSPS) is 15.6. The molecule has 3 aromatic rings. The van der Waals surface area contributed by atoms with Gasteiger partial charge < -0.3 is 5.32 Å². The van der Waals surface area contributed by atoms with E-state index in [4.69, 9.17) is 0 Å². The van der Waals surface area contributed by atoms with Gasteiger partial charge in [-0.25, -0.2) is 0 Å². The molecule has 4 heteroatoms. The summed E-state index contributed by atoms with van der Waals surface area (Å²) in [4.78, 5) is 12.5. The second-order valence-electron chi connectivity index (χ2n) is 7.86. The quantitative estimate of drug-likeness (QED) is 0.649. The van der Waals surface area contributed by atoms with Crippen LogP contribution in [0.2, 0.25) is 0 Å². The first-order valence-electron chi connectivity index (χ1n) is 10.2. The Kier molecular flexibility index (Phi) is 5.34. The van der Waals surface area contributed by atoms with Gasteiger partial charge in [0.05, 0.1) is 18.3 Å². The van der Waals surface area contributed by atoms with Crippen molar-refractivity contribution in [1.29, 1.82) is 0 Å². The first kappa shape index (κ1) is 19.2. The highest BCUT2D eigenvalue weighted by molar-refractivity contribution is 5.92. The number of benzene rings is 2. The maximum atomic E-state index is 12.5. The van der Waals surface area contributed by atoms with Crippen LogP contribution in [-0.2, 0) is 17.8 Å². The fraction of sp³-hybridized carbons (Fsp3) is 0.280. The topological polar surface area (TPSA) is 46.9 Å². The Morgan fingerprint density at radius 3 is 2.69 bits per heavy atom. The summed E-state index contributed by atoms with van der Waals surface area (Å²) in [7, 11) is 0. The number of nitrogens with zero attached hydrogens (tertiary/aromatic N) is 2. The lowest BCUT2D eigenvalue weighted by Gasteiger charge is -2.12. The number of aryl methyl sites for hydroxylation is 3. The summed E-state index contributed by atoms with van der Waals surface area (Å²) in [5.41, 5.74) is 8.07. The number of nitrogens with one attached hydrogen (secondary N) is 1. The highest BCUT2D eigenvalue weighted by atomic mass is 16.1. The summed E-state index contributed by atoms with van der Waals surface area (Å²) < 4.78 is 2.00. The van der Waals surface area contributed by atoms with Crippen molar-refractivity contribution in [2.24, 2.45) is 0 Å². The van der Waals surface area contributed by atoms with Crippen LogP contribution in [0.15, 0.2) is 54.6 Å². The summed E-state index contributed by atoms with van der Waals surface area (Å²) in [6.45, 7) is 6.86. The molecule has 0 spiro atoms. The molecule has 1 amide bonds. The van der Waals surface area contributed by atoms with Gasteiger partial charge in [0.25, 0.3) is 0 Å². The van der Waals surface area contributed by atoms with Crippen LogP contribution in [0.25, 0.3) is 6.08 Å². The van der Waals surface area contributed by atoms with Crippen LogP contribution in [0.3, 0.4) is 0 Å². The molecule has 0 fully saturated rings. The summed E-state index contributed by atoms with van der Waals surface area (Å²) in [6, 6.07) is 17.0. The molecular formula is C25H27N3O. The summed E-state index contributed by atoms with van der Waals surface area (Å²) in [5, 5.41) is 7.82. The zero-order chi connectivity index (χ0) is 20.4. The number of amides is 1. The largest absolute Gasteiger partial charge is 0.346 e. The molecule has 148 valence electrons. The van der Waals surface area contributed by atoms with Crippen LogP contribution in [0.5, 0.6) is 0 Å². The Hall–Kier alpha value is -3.14. The van der Waals surface area contributed by atoms with E-state index in [-0.39, 0.29) is 11.9 Å². The first-order valence-corrected chi connectivity index (χ1v) is 10.2. The predicted octanol–water partition coefficient (Wildman–Crippen LogP) is 4.67. The first-order chi connectivity index (χ1) is 14.0.